The molecule has 1 heterocycles. The lowest BCUT2D eigenvalue weighted by atomic mass is 10.0. The number of thiocarbonyl (C=S) groups is 1. The predicted molar refractivity (Wildman–Crippen MR) is 85.9 cm³/mol. The minimum absolute atomic E-state index is 0.116. The van der Waals surface area contributed by atoms with Crippen molar-refractivity contribution in [2.75, 3.05) is 32.5 Å². The first-order valence-electron chi connectivity index (χ1n) is 6.65. The molecular formula is C14H19ClFN3S. The normalized spacial score (nSPS) is 17.0. The van der Waals surface area contributed by atoms with E-state index in [-0.39, 0.29) is 5.02 Å². The van der Waals surface area contributed by atoms with Crippen LogP contribution in [-0.2, 0) is 0 Å². The van der Waals surface area contributed by atoms with Gasteiger partial charge in [-0.25, -0.2) is 4.39 Å². The van der Waals surface area contributed by atoms with E-state index in [1.807, 2.05) is 7.05 Å². The summed E-state index contributed by atoms with van der Waals surface area (Å²) in [6.45, 7) is 2.15. The van der Waals surface area contributed by atoms with E-state index in [1.165, 1.54) is 12.1 Å². The number of likely N-dealkylation sites (tertiary alicyclic amines) is 1. The predicted octanol–water partition coefficient (Wildman–Crippen LogP) is 3.20. The standard InChI is InChI=1S/C14H19ClFN3S/c1-18-7-5-11(6-8-18)19(2)14(20)17-10-3-4-12(15)13(16)9-10/h3-4,9,11H,5-8H2,1-2H3,(H,17,20). The third-order valence-corrected chi connectivity index (χ3v) is 4.42. The maximum atomic E-state index is 13.4. The molecule has 0 atom stereocenters. The molecule has 0 spiro atoms. The number of halogens is 2. The summed E-state index contributed by atoms with van der Waals surface area (Å²) < 4.78 is 13.4. The molecule has 1 N–H and O–H groups in total. The summed E-state index contributed by atoms with van der Waals surface area (Å²) >= 11 is 11.1. The highest BCUT2D eigenvalue weighted by molar-refractivity contribution is 7.80. The number of hydrogen-bond acceptors (Lipinski definition) is 2. The molecular weight excluding hydrogens is 297 g/mol. The van der Waals surface area contributed by atoms with E-state index >= 15 is 0 Å². The Balaban J connectivity index is 1.95. The molecule has 2 rings (SSSR count). The minimum Gasteiger partial charge on any atom is -0.349 e. The topological polar surface area (TPSA) is 18.5 Å². The molecule has 1 aromatic carbocycles. The van der Waals surface area contributed by atoms with Gasteiger partial charge in [-0.1, -0.05) is 11.6 Å². The zero-order valence-electron chi connectivity index (χ0n) is 11.7. The highest BCUT2D eigenvalue weighted by atomic mass is 35.5. The van der Waals surface area contributed by atoms with Gasteiger partial charge < -0.3 is 15.1 Å². The maximum absolute atomic E-state index is 13.4. The van der Waals surface area contributed by atoms with E-state index in [1.54, 1.807) is 6.07 Å². The van der Waals surface area contributed by atoms with Gasteiger partial charge >= 0.3 is 0 Å². The molecule has 0 bridgehead atoms. The number of hydrogen-bond donors (Lipinski definition) is 1. The Labute approximate surface area is 129 Å². The summed E-state index contributed by atoms with van der Waals surface area (Å²) in [6, 6.07) is 5.04. The fourth-order valence-electron chi connectivity index (χ4n) is 2.33. The van der Waals surface area contributed by atoms with E-state index in [0.29, 0.717) is 16.8 Å². The van der Waals surface area contributed by atoms with Crippen LogP contribution in [0.2, 0.25) is 5.02 Å². The smallest absolute Gasteiger partial charge is 0.173 e. The molecule has 0 unspecified atom stereocenters. The molecule has 0 amide bonds. The quantitative estimate of drug-likeness (QED) is 0.844. The summed E-state index contributed by atoms with van der Waals surface area (Å²) in [7, 11) is 4.11. The number of benzene rings is 1. The highest BCUT2D eigenvalue weighted by Gasteiger charge is 2.22. The van der Waals surface area contributed by atoms with Gasteiger partial charge in [-0.3, -0.25) is 0 Å². The largest absolute Gasteiger partial charge is 0.349 e. The van der Waals surface area contributed by atoms with E-state index in [0.717, 1.165) is 25.9 Å². The summed E-state index contributed by atoms with van der Waals surface area (Å²) in [5.41, 5.74) is 0.622. The first-order chi connectivity index (χ1) is 9.47. The van der Waals surface area contributed by atoms with Crippen molar-refractivity contribution in [1.29, 1.82) is 0 Å². The number of nitrogens with zero attached hydrogens (tertiary/aromatic N) is 2. The SMILES string of the molecule is CN1CCC(N(C)C(=S)Nc2ccc(Cl)c(F)c2)CC1. The van der Waals surface area contributed by atoms with Crippen LogP contribution in [-0.4, -0.2) is 48.1 Å². The van der Waals surface area contributed by atoms with Gasteiger partial charge in [-0.05, 0) is 63.4 Å². The number of rotatable bonds is 2. The van der Waals surface area contributed by atoms with Crippen LogP contribution in [0.15, 0.2) is 18.2 Å². The van der Waals surface area contributed by atoms with Gasteiger partial charge in [0.05, 0.1) is 5.02 Å². The van der Waals surface area contributed by atoms with Gasteiger partial charge in [-0.2, -0.15) is 0 Å². The molecule has 1 aromatic rings. The van der Waals surface area contributed by atoms with E-state index in [9.17, 15) is 4.39 Å². The number of piperidine rings is 1. The molecule has 0 saturated carbocycles. The van der Waals surface area contributed by atoms with Gasteiger partial charge in [0.2, 0.25) is 0 Å². The Morgan fingerprint density at radius 1 is 1.45 bits per heavy atom. The van der Waals surface area contributed by atoms with Crippen LogP contribution >= 0.6 is 23.8 Å². The van der Waals surface area contributed by atoms with E-state index < -0.39 is 5.82 Å². The molecule has 1 aliphatic heterocycles. The second kappa shape index (κ2) is 6.70. The second-order valence-corrected chi connectivity index (χ2v) is 6.00. The van der Waals surface area contributed by atoms with Crippen molar-refractivity contribution in [3.8, 4) is 0 Å². The summed E-state index contributed by atoms with van der Waals surface area (Å²) in [5, 5.41) is 3.79. The lowest BCUT2D eigenvalue weighted by Gasteiger charge is -2.36. The van der Waals surface area contributed by atoms with Gasteiger partial charge in [0.25, 0.3) is 0 Å². The molecule has 0 radical (unpaired) electrons. The van der Waals surface area contributed by atoms with Crippen molar-refractivity contribution in [2.24, 2.45) is 0 Å². The second-order valence-electron chi connectivity index (χ2n) is 5.20. The van der Waals surface area contributed by atoms with Crippen molar-refractivity contribution in [1.82, 2.24) is 9.80 Å². The molecule has 1 aliphatic rings. The fraction of sp³-hybridized carbons (Fsp3) is 0.500. The number of anilines is 1. The van der Waals surface area contributed by atoms with Crippen molar-refractivity contribution in [3.05, 3.63) is 29.0 Å². The minimum atomic E-state index is -0.443. The van der Waals surface area contributed by atoms with Crippen LogP contribution in [0.3, 0.4) is 0 Å². The zero-order chi connectivity index (χ0) is 14.7. The Hall–Kier alpha value is -0.910. The Bertz CT molecular complexity index is 489. The van der Waals surface area contributed by atoms with Crippen LogP contribution in [0.25, 0.3) is 0 Å². The molecule has 20 heavy (non-hydrogen) atoms. The van der Waals surface area contributed by atoms with E-state index in [4.69, 9.17) is 23.8 Å². The lowest BCUT2D eigenvalue weighted by molar-refractivity contribution is 0.193. The average Bonchev–Trinajstić information content (AvgIpc) is 2.43. The van der Waals surface area contributed by atoms with Crippen LogP contribution in [0.1, 0.15) is 12.8 Å². The van der Waals surface area contributed by atoms with Gasteiger partial charge in [0.1, 0.15) is 5.82 Å². The van der Waals surface area contributed by atoms with Crippen molar-refractivity contribution in [3.63, 3.8) is 0 Å². The molecule has 0 aromatic heterocycles. The lowest BCUT2D eigenvalue weighted by Crippen LogP contribution is -2.45. The monoisotopic (exact) mass is 315 g/mol. The first-order valence-corrected chi connectivity index (χ1v) is 7.43. The van der Waals surface area contributed by atoms with Gasteiger partial charge in [0.15, 0.2) is 5.11 Å². The van der Waals surface area contributed by atoms with Gasteiger partial charge in [-0.15, -0.1) is 0 Å². The average molecular weight is 316 g/mol. The third kappa shape index (κ3) is 3.81. The summed E-state index contributed by atoms with van der Waals surface area (Å²) in [5.74, 6) is -0.443. The van der Waals surface area contributed by atoms with Crippen LogP contribution in [0.4, 0.5) is 10.1 Å². The third-order valence-electron chi connectivity index (χ3n) is 3.73. The summed E-state index contributed by atoms with van der Waals surface area (Å²) in [4.78, 5) is 4.38. The molecule has 6 heteroatoms. The van der Waals surface area contributed by atoms with E-state index in [2.05, 4.69) is 22.2 Å². The van der Waals surface area contributed by atoms with Crippen LogP contribution < -0.4 is 5.32 Å². The van der Waals surface area contributed by atoms with Crippen LogP contribution in [0.5, 0.6) is 0 Å². The molecule has 1 saturated heterocycles. The Morgan fingerprint density at radius 2 is 2.10 bits per heavy atom. The maximum Gasteiger partial charge on any atom is 0.173 e. The number of nitrogens with one attached hydrogen (secondary N) is 1. The molecule has 1 fully saturated rings. The van der Waals surface area contributed by atoms with Crippen LogP contribution in [0, 0.1) is 5.82 Å². The molecule has 110 valence electrons. The molecule has 3 nitrogen and oxygen atoms in total. The van der Waals surface area contributed by atoms with Crippen molar-refractivity contribution < 1.29 is 4.39 Å². The van der Waals surface area contributed by atoms with Crippen molar-refractivity contribution in [2.45, 2.75) is 18.9 Å². The molecule has 0 aliphatic carbocycles. The zero-order valence-corrected chi connectivity index (χ0v) is 13.3. The Kier molecular flexibility index (Phi) is 5.18. The first kappa shape index (κ1) is 15.5. The Morgan fingerprint density at radius 3 is 2.70 bits per heavy atom. The van der Waals surface area contributed by atoms with Gasteiger partial charge in [0, 0.05) is 18.8 Å². The summed E-state index contributed by atoms with van der Waals surface area (Å²) in [6.07, 6.45) is 2.17. The fourth-order valence-corrected chi connectivity index (χ4v) is 2.72. The highest BCUT2D eigenvalue weighted by Crippen LogP contribution is 2.20. The van der Waals surface area contributed by atoms with Crippen molar-refractivity contribution >= 4 is 34.6 Å².